The third kappa shape index (κ3) is 5.69. The lowest BCUT2D eigenvalue weighted by Crippen LogP contribution is -2.25. The van der Waals surface area contributed by atoms with Gasteiger partial charge in [-0.2, -0.15) is 0 Å². The number of anilines is 1. The van der Waals surface area contributed by atoms with Crippen LogP contribution < -0.4 is 5.32 Å². The van der Waals surface area contributed by atoms with E-state index in [4.69, 9.17) is 0 Å². The molecule has 1 saturated carbocycles. The van der Waals surface area contributed by atoms with Crippen LogP contribution >= 0.6 is 23.1 Å². The van der Waals surface area contributed by atoms with Gasteiger partial charge in [-0.05, 0) is 55.2 Å². The van der Waals surface area contributed by atoms with Crippen LogP contribution in [0.1, 0.15) is 86.7 Å². The lowest BCUT2D eigenvalue weighted by molar-refractivity contribution is -0.115. The SMILES string of the molecule is Cc1cccc(C(C)C)c1NC(=O)C(C)Sc1nnc(Cc2cccs2)n1C1CCCCC1. The first kappa shape index (κ1) is 24.0. The Morgan fingerprint density at radius 2 is 1.94 bits per heavy atom. The molecule has 2 aromatic heterocycles. The zero-order chi connectivity index (χ0) is 23.4. The molecule has 0 saturated heterocycles. The number of hydrogen-bond acceptors (Lipinski definition) is 5. The van der Waals surface area contributed by atoms with Crippen molar-refractivity contribution in [3.8, 4) is 0 Å². The highest BCUT2D eigenvalue weighted by Gasteiger charge is 2.26. The van der Waals surface area contributed by atoms with Crippen molar-refractivity contribution in [2.75, 3.05) is 5.32 Å². The molecule has 1 amide bonds. The van der Waals surface area contributed by atoms with Gasteiger partial charge in [-0.1, -0.05) is 69.1 Å². The van der Waals surface area contributed by atoms with E-state index in [0.717, 1.165) is 41.5 Å². The standard InChI is InChI=1S/C26H34N4OS2/c1-17(2)22-14-8-10-18(3)24(22)27-25(31)19(4)33-26-29-28-23(16-21-13-9-15-32-21)30(26)20-11-6-5-7-12-20/h8-10,13-15,17,19-20H,5-7,11-12,16H2,1-4H3,(H,27,31). The fourth-order valence-corrected chi connectivity index (χ4v) is 6.20. The van der Waals surface area contributed by atoms with Gasteiger partial charge in [0, 0.05) is 23.0 Å². The summed E-state index contributed by atoms with van der Waals surface area (Å²) in [5.41, 5.74) is 3.21. The Morgan fingerprint density at radius 3 is 2.64 bits per heavy atom. The van der Waals surface area contributed by atoms with E-state index in [2.05, 4.69) is 76.6 Å². The normalized spacial score (nSPS) is 15.7. The van der Waals surface area contributed by atoms with Gasteiger partial charge in [0.1, 0.15) is 5.82 Å². The largest absolute Gasteiger partial charge is 0.325 e. The summed E-state index contributed by atoms with van der Waals surface area (Å²) in [4.78, 5) is 14.5. The van der Waals surface area contributed by atoms with Gasteiger partial charge in [-0.15, -0.1) is 21.5 Å². The minimum atomic E-state index is -0.272. The molecule has 3 aromatic rings. The van der Waals surface area contributed by atoms with Crippen molar-refractivity contribution in [3.05, 3.63) is 57.5 Å². The van der Waals surface area contributed by atoms with E-state index in [9.17, 15) is 4.79 Å². The van der Waals surface area contributed by atoms with E-state index in [0.29, 0.717) is 12.0 Å². The molecule has 2 heterocycles. The van der Waals surface area contributed by atoms with Crippen LogP contribution in [0.4, 0.5) is 5.69 Å². The maximum atomic E-state index is 13.2. The molecule has 1 unspecified atom stereocenters. The van der Waals surface area contributed by atoms with Crippen molar-refractivity contribution in [2.45, 2.75) is 88.6 Å². The monoisotopic (exact) mass is 482 g/mol. The van der Waals surface area contributed by atoms with Crippen molar-refractivity contribution in [3.63, 3.8) is 0 Å². The van der Waals surface area contributed by atoms with Crippen LogP contribution in [0.2, 0.25) is 0 Å². The van der Waals surface area contributed by atoms with E-state index < -0.39 is 0 Å². The summed E-state index contributed by atoms with van der Waals surface area (Å²) in [6.45, 7) is 8.33. The highest BCUT2D eigenvalue weighted by Crippen LogP contribution is 2.35. The molecule has 1 aliphatic rings. The molecule has 5 nitrogen and oxygen atoms in total. The quantitative estimate of drug-likeness (QED) is 0.352. The number of para-hydroxylation sites is 1. The minimum absolute atomic E-state index is 0.00852. The number of carbonyl (C=O) groups excluding carboxylic acids is 1. The first-order valence-electron chi connectivity index (χ1n) is 12.0. The second-order valence-electron chi connectivity index (χ2n) is 9.26. The topological polar surface area (TPSA) is 59.8 Å². The number of nitrogens with one attached hydrogen (secondary N) is 1. The minimum Gasteiger partial charge on any atom is -0.325 e. The maximum Gasteiger partial charge on any atom is 0.237 e. The molecule has 1 atom stereocenters. The molecular weight excluding hydrogens is 448 g/mol. The highest BCUT2D eigenvalue weighted by atomic mass is 32.2. The zero-order valence-corrected chi connectivity index (χ0v) is 21.6. The summed E-state index contributed by atoms with van der Waals surface area (Å²) in [7, 11) is 0. The number of aryl methyl sites for hydroxylation is 1. The van der Waals surface area contributed by atoms with Gasteiger partial charge in [0.2, 0.25) is 5.91 Å². The van der Waals surface area contributed by atoms with Gasteiger partial charge in [-0.3, -0.25) is 4.79 Å². The Balaban J connectivity index is 1.54. The first-order chi connectivity index (χ1) is 15.9. The molecule has 176 valence electrons. The van der Waals surface area contributed by atoms with Crippen LogP contribution in [0.3, 0.4) is 0 Å². The molecule has 0 bridgehead atoms. The molecule has 0 aliphatic heterocycles. The molecule has 33 heavy (non-hydrogen) atoms. The molecular formula is C26H34N4OS2. The number of thiophene rings is 1. The summed E-state index contributed by atoms with van der Waals surface area (Å²) in [5.74, 6) is 1.37. The Bertz CT molecular complexity index is 1070. The first-order valence-corrected chi connectivity index (χ1v) is 13.7. The summed E-state index contributed by atoms with van der Waals surface area (Å²) >= 11 is 3.28. The summed E-state index contributed by atoms with van der Waals surface area (Å²) in [6.07, 6.45) is 6.90. The Kier molecular flexibility index (Phi) is 7.91. The number of nitrogens with zero attached hydrogens (tertiary/aromatic N) is 3. The molecule has 4 rings (SSSR count). The number of rotatable bonds is 8. The van der Waals surface area contributed by atoms with E-state index in [1.807, 2.05) is 6.92 Å². The molecule has 1 aromatic carbocycles. The number of hydrogen-bond donors (Lipinski definition) is 1. The smallest absolute Gasteiger partial charge is 0.237 e. The van der Waals surface area contributed by atoms with Crippen molar-refractivity contribution >= 4 is 34.7 Å². The molecule has 0 radical (unpaired) electrons. The fourth-order valence-electron chi connectivity index (χ4n) is 4.56. The van der Waals surface area contributed by atoms with Crippen LogP contribution in [0.5, 0.6) is 0 Å². The van der Waals surface area contributed by atoms with Crippen LogP contribution in [-0.2, 0) is 11.2 Å². The lowest BCUT2D eigenvalue weighted by Gasteiger charge is -2.26. The lowest BCUT2D eigenvalue weighted by atomic mass is 9.95. The van der Waals surface area contributed by atoms with E-state index in [1.54, 1.807) is 11.3 Å². The van der Waals surface area contributed by atoms with Gasteiger partial charge in [0.15, 0.2) is 5.16 Å². The van der Waals surface area contributed by atoms with Gasteiger partial charge in [0.25, 0.3) is 0 Å². The fraction of sp³-hybridized carbons (Fsp3) is 0.500. The van der Waals surface area contributed by atoms with Crippen molar-refractivity contribution in [2.24, 2.45) is 0 Å². The number of thioether (sulfide) groups is 1. The Morgan fingerprint density at radius 1 is 1.15 bits per heavy atom. The molecule has 7 heteroatoms. The van der Waals surface area contributed by atoms with E-state index in [-0.39, 0.29) is 11.2 Å². The summed E-state index contributed by atoms with van der Waals surface area (Å²) in [6, 6.07) is 10.9. The predicted molar refractivity (Wildman–Crippen MR) is 138 cm³/mol. The van der Waals surface area contributed by atoms with Gasteiger partial charge >= 0.3 is 0 Å². The van der Waals surface area contributed by atoms with Crippen molar-refractivity contribution in [1.29, 1.82) is 0 Å². The maximum absolute atomic E-state index is 13.2. The Hall–Kier alpha value is -2.12. The molecule has 1 N–H and O–H groups in total. The van der Waals surface area contributed by atoms with Crippen LogP contribution in [-0.4, -0.2) is 25.9 Å². The second-order valence-corrected chi connectivity index (χ2v) is 11.6. The molecule has 1 aliphatic carbocycles. The number of carbonyl (C=O) groups is 1. The third-order valence-electron chi connectivity index (χ3n) is 6.41. The zero-order valence-electron chi connectivity index (χ0n) is 20.0. The highest BCUT2D eigenvalue weighted by molar-refractivity contribution is 8.00. The van der Waals surface area contributed by atoms with Crippen LogP contribution in [0.25, 0.3) is 0 Å². The van der Waals surface area contributed by atoms with Crippen molar-refractivity contribution < 1.29 is 4.79 Å². The van der Waals surface area contributed by atoms with Crippen molar-refractivity contribution in [1.82, 2.24) is 14.8 Å². The van der Waals surface area contributed by atoms with Crippen LogP contribution in [0, 0.1) is 6.92 Å². The van der Waals surface area contributed by atoms with E-state index in [1.165, 1.54) is 41.5 Å². The van der Waals surface area contributed by atoms with E-state index >= 15 is 0 Å². The van der Waals surface area contributed by atoms with Crippen LogP contribution in [0.15, 0.2) is 40.9 Å². The van der Waals surface area contributed by atoms with Gasteiger partial charge < -0.3 is 9.88 Å². The van der Waals surface area contributed by atoms with Gasteiger partial charge in [-0.25, -0.2) is 0 Å². The summed E-state index contributed by atoms with van der Waals surface area (Å²) < 4.78 is 2.33. The predicted octanol–water partition coefficient (Wildman–Crippen LogP) is 6.99. The molecule has 1 fully saturated rings. The average molecular weight is 483 g/mol. The van der Waals surface area contributed by atoms with Gasteiger partial charge in [0.05, 0.1) is 5.25 Å². The third-order valence-corrected chi connectivity index (χ3v) is 8.35. The average Bonchev–Trinajstić information content (AvgIpc) is 3.46. The molecule has 0 spiro atoms. The number of amides is 1. The Labute approximate surface area is 205 Å². The second kappa shape index (κ2) is 10.9. The number of benzene rings is 1. The summed E-state index contributed by atoms with van der Waals surface area (Å²) in [5, 5.41) is 15.1. The number of aromatic nitrogens is 3.